The van der Waals surface area contributed by atoms with Crippen LogP contribution in [0.15, 0.2) is 176 Å². The molecular weight excluding hydrogens is 1870 g/mol. The first-order chi connectivity index (χ1) is 69.3. The van der Waals surface area contributed by atoms with Crippen molar-refractivity contribution in [1.82, 2.24) is 23.3 Å². The average molecular weight is 2050 g/mol. The molecular formula is C133H183F2N5O10. The molecule has 3 aliphatic carbocycles. The van der Waals surface area contributed by atoms with E-state index in [4.69, 9.17) is 24.1 Å². The fraction of sp³-hybridized carbons (Fsp3) is 0.496. The molecule has 3 aliphatic rings. The number of aromatic nitrogens is 5. The zero-order valence-electron chi connectivity index (χ0n) is 99.0. The Balaban J connectivity index is 0.000000191. The standard InChI is InChI=1S/C20H31NO2.C19H28FNO.C17H23F.C17H25NO.2C16H20O2.C15H19NO2.C13H17N/c1-19(2,3)15-8-9-17-14(10-15)11-18(20(4,5)6)21(17)12-16(22)13-23-7;1-18(2,3)14-10-13-11-17(19(4,5)6)21(8-7-9-22)16(13)12-15(14)20;1-16(2,3)12-7-11-8-13(17(4,5)6)10-15(18)14(11)9-12;1-12(2)16-11-13-10-14(17(3,4)5)6-7-15(13)18(16)8-9-19;1-5-18-15(17)14-10-12(16(2,3)4)9-11-7-6-8-13(11)14;1-5-18-15(17)13-9-11-7-6-8-12(11)10-14(13)16(2,3)4;1-5-18-14(17)12-11(15(2,3)4)7-6-10-8-9-16-13(10)12;1-13(2,3)11-6-5-10-7-8-14(4)12(10)9-11/h8-11,16,22H,12-13H2,1-7H3;10-12,22H,7-9H2,1-6H3;7-8,10H,9H2,1-6H3;6-7,10-12,19H,8-9H2,1-5H3;6,8-10H,5,7H2,1-4H3;6-7,9-10H,5,8H2,1-4H3;6-9,16H,5H2,1-4H3;5-9H,1-4H3. The SMILES string of the molecule is CC(C)(C)C1=Cc2cc(C(C)(C)C)cc(F)c2C1.CC(C)(C)c1cc2cc(C(C)(C)C)n(CCCO)c2cc1F.CC(C)c1cc2cc(C(C)(C)C)ccc2n1CCO.CCOC(=O)c1c(C(C)(C)C)ccc2cc[nH]c12.CCOC(=O)c1cc(C(C)(C)C)cc2c1C=CC2.CCOC(=O)c1cc2c(cc1C(C)(C)C)CC=C2.COCC(O)Cn1c(C(C)(C)C)cc2cc(C(C)(C)C)ccc21.Cn1ccc2ccc(C(C)(C)C)cc21. The number of methoxy groups -OCH3 is 1. The largest absolute Gasteiger partial charge is 0.462 e. The molecule has 150 heavy (non-hydrogen) atoms. The van der Waals surface area contributed by atoms with E-state index in [1.165, 1.54) is 88.7 Å². The molecule has 4 N–H and O–H groups in total. The number of fused-ring (bicyclic) bond motifs is 8. The monoisotopic (exact) mass is 2050 g/mol. The summed E-state index contributed by atoms with van der Waals surface area (Å²) >= 11 is 0. The molecule has 0 aliphatic heterocycles. The highest BCUT2D eigenvalue weighted by Crippen LogP contribution is 2.44. The van der Waals surface area contributed by atoms with Crippen molar-refractivity contribution < 1.29 is 57.4 Å². The Labute approximate surface area is 898 Å². The van der Waals surface area contributed by atoms with E-state index in [1.807, 2.05) is 90.2 Å². The number of ether oxygens (including phenoxy) is 4. The van der Waals surface area contributed by atoms with Crippen molar-refractivity contribution in [2.45, 2.75) is 375 Å². The van der Waals surface area contributed by atoms with Gasteiger partial charge in [-0.05, 0) is 275 Å². The third-order valence-corrected chi connectivity index (χ3v) is 28.1. The lowest BCUT2D eigenvalue weighted by Gasteiger charge is -2.24. The lowest BCUT2D eigenvalue weighted by Crippen LogP contribution is -2.25. The number of hydrogen-bond donors (Lipinski definition) is 4. The highest BCUT2D eigenvalue weighted by molar-refractivity contribution is 6.05. The van der Waals surface area contributed by atoms with Crippen LogP contribution in [-0.2, 0) is 119 Å². The molecule has 0 spiro atoms. The predicted molar refractivity (Wildman–Crippen MR) is 629 cm³/mol. The lowest BCUT2D eigenvalue weighted by atomic mass is 9.82. The maximum Gasteiger partial charge on any atom is 0.340 e. The van der Waals surface area contributed by atoms with Gasteiger partial charge in [0.25, 0.3) is 0 Å². The van der Waals surface area contributed by atoms with Crippen molar-refractivity contribution in [2.75, 3.05) is 46.8 Å². The molecule has 5 aromatic heterocycles. The Hall–Kier alpha value is -11.2. The van der Waals surface area contributed by atoms with E-state index < -0.39 is 6.10 Å². The minimum absolute atomic E-state index is 0.00576. The molecule has 0 radical (unpaired) electrons. The second kappa shape index (κ2) is 48.8. The minimum Gasteiger partial charge on any atom is -0.462 e. The molecule has 5 heterocycles. The number of rotatable bonds is 16. The molecule has 13 aromatic rings. The van der Waals surface area contributed by atoms with E-state index in [0.717, 1.165) is 85.6 Å². The van der Waals surface area contributed by atoms with Gasteiger partial charge in [0.15, 0.2) is 0 Å². The summed E-state index contributed by atoms with van der Waals surface area (Å²) in [6.07, 6.45) is 17.3. The Morgan fingerprint density at radius 3 is 1.43 bits per heavy atom. The van der Waals surface area contributed by atoms with Crippen molar-refractivity contribution in [1.29, 1.82) is 0 Å². The minimum atomic E-state index is -0.501. The number of hydrogen-bond acceptors (Lipinski definition) is 10. The van der Waals surface area contributed by atoms with E-state index in [-0.39, 0.29) is 102 Å². The van der Waals surface area contributed by atoms with Crippen LogP contribution >= 0.6 is 0 Å². The number of benzene rings is 8. The number of aromatic amines is 1. The highest BCUT2D eigenvalue weighted by Gasteiger charge is 2.34. The number of allylic oxidation sites excluding steroid dienone is 3. The van der Waals surface area contributed by atoms with E-state index in [0.29, 0.717) is 75.1 Å². The summed E-state index contributed by atoms with van der Waals surface area (Å²) in [6.45, 7) is 85.2. The first-order valence-electron chi connectivity index (χ1n) is 54.2. The number of aryl methyl sites for hydroxylation is 2. The molecule has 0 saturated heterocycles. The highest BCUT2D eigenvalue weighted by atomic mass is 19.1. The first-order valence-corrected chi connectivity index (χ1v) is 54.2. The molecule has 15 nitrogen and oxygen atoms in total. The second-order valence-electron chi connectivity index (χ2n) is 52.4. The molecule has 1 unspecified atom stereocenters. The molecule has 8 aromatic carbocycles. The Kier molecular flexibility index (Phi) is 39.8. The summed E-state index contributed by atoms with van der Waals surface area (Å²) in [6, 6.07) is 50.7. The zero-order valence-corrected chi connectivity index (χ0v) is 99.0. The second-order valence-corrected chi connectivity index (χ2v) is 52.4. The van der Waals surface area contributed by atoms with Crippen LogP contribution in [0.5, 0.6) is 0 Å². The van der Waals surface area contributed by atoms with Crippen LogP contribution in [0.2, 0.25) is 0 Å². The van der Waals surface area contributed by atoms with Gasteiger partial charge in [-0.3, -0.25) is 0 Å². The number of aliphatic hydroxyl groups is 3. The molecule has 0 saturated carbocycles. The molecule has 16 rings (SSSR count). The Bertz CT molecular complexity index is 6960. The first kappa shape index (κ1) is 122. The third kappa shape index (κ3) is 31.1. The predicted octanol–water partition coefficient (Wildman–Crippen LogP) is 32.7. The fourth-order valence-electron chi connectivity index (χ4n) is 19.3. The molecule has 0 fully saturated rings. The quantitative estimate of drug-likeness (QED) is 0.0536. The van der Waals surface area contributed by atoms with Gasteiger partial charge >= 0.3 is 17.9 Å². The van der Waals surface area contributed by atoms with Gasteiger partial charge in [0.2, 0.25) is 0 Å². The summed E-state index contributed by atoms with van der Waals surface area (Å²) in [5.74, 6) is -0.416. The number of carbonyl (C=O) groups excluding carboxylic acids is 3. The number of aliphatic hydroxyl groups excluding tert-OH is 3. The summed E-state index contributed by atoms with van der Waals surface area (Å²) in [4.78, 5) is 39.4. The van der Waals surface area contributed by atoms with Crippen LogP contribution < -0.4 is 0 Å². The van der Waals surface area contributed by atoms with E-state index in [1.54, 1.807) is 19.2 Å². The zero-order chi connectivity index (χ0) is 112. The lowest BCUT2D eigenvalue weighted by molar-refractivity contribution is 0.0514. The topological polar surface area (TPSA) is 184 Å². The number of nitrogens with zero attached hydrogens (tertiary/aromatic N) is 4. The maximum atomic E-state index is 14.6. The van der Waals surface area contributed by atoms with Crippen LogP contribution in [0.25, 0.3) is 72.7 Å². The maximum absolute atomic E-state index is 14.6. The van der Waals surface area contributed by atoms with Crippen LogP contribution in [0.1, 0.15) is 401 Å². The van der Waals surface area contributed by atoms with Gasteiger partial charge in [-0.15, -0.1) is 0 Å². The number of nitrogens with one attached hydrogen (secondary N) is 1. The molecule has 0 bridgehead atoms. The smallest absolute Gasteiger partial charge is 0.340 e. The number of carbonyl (C=O) groups is 3. The summed E-state index contributed by atoms with van der Waals surface area (Å²) < 4.78 is 58.2. The third-order valence-electron chi connectivity index (χ3n) is 28.1. The van der Waals surface area contributed by atoms with E-state index >= 15 is 0 Å². The van der Waals surface area contributed by atoms with Crippen LogP contribution in [0.3, 0.4) is 0 Å². The van der Waals surface area contributed by atoms with Crippen molar-refractivity contribution in [3.05, 3.63) is 299 Å². The summed E-state index contributed by atoms with van der Waals surface area (Å²) in [5, 5.41) is 34.6. The Morgan fingerprint density at radius 1 is 0.413 bits per heavy atom. The van der Waals surface area contributed by atoms with Crippen LogP contribution in [0.4, 0.5) is 8.78 Å². The van der Waals surface area contributed by atoms with Crippen molar-refractivity contribution in [3.8, 4) is 0 Å². The number of esters is 3. The van der Waals surface area contributed by atoms with Gasteiger partial charge in [-0.2, -0.15) is 0 Å². The fourth-order valence-corrected chi connectivity index (χ4v) is 19.3. The number of H-pyrrole nitrogens is 1. The van der Waals surface area contributed by atoms with Gasteiger partial charge in [0.1, 0.15) is 11.6 Å². The van der Waals surface area contributed by atoms with Crippen molar-refractivity contribution >= 4 is 90.7 Å². The molecule has 814 valence electrons. The normalized spacial score (nSPS) is 13.4. The average Bonchev–Trinajstić information content (AvgIpc) is 1.60. The van der Waals surface area contributed by atoms with Gasteiger partial charge in [0, 0.05) is 112 Å². The van der Waals surface area contributed by atoms with Gasteiger partial charge in [-0.25, -0.2) is 23.2 Å². The Morgan fingerprint density at radius 2 is 0.913 bits per heavy atom. The summed E-state index contributed by atoms with van der Waals surface area (Å²) in [7, 11) is 3.71. The van der Waals surface area contributed by atoms with E-state index in [9.17, 15) is 33.4 Å². The molecule has 17 heteroatoms. The van der Waals surface area contributed by atoms with Crippen LogP contribution in [0, 0.1) is 17.0 Å². The molecule has 1 atom stereocenters. The van der Waals surface area contributed by atoms with Gasteiger partial charge in [-0.1, -0.05) is 333 Å². The van der Waals surface area contributed by atoms with Crippen molar-refractivity contribution in [3.63, 3.8) is 0 Å². The van der Waals surface area contributed by atoms with Crippen molar-refractivity contribution in [2.24, 2.45) is 12.5 Å². The summed E-state index contributed by atoms with van der Waals surface area (Å²) in [5.41, 5.74) is 28.8. The number of halogens is 2. The van der Waals surface area contributed by atoms with E-state index in [2.05, 4.69) is 379 Å². The van der Waals surface area contributed by atoms with Crippen LogP contribution in [-0.4, -0.2) is 109 Å². The van der Waals surface area contributed by atoms with Gasteiger partial charge < -0.3 is 57.5 Å². The molecule has 0 amide bonds. The van der Waals surface area contributed by atoms with Gasteiger partial charge in [0.05, 0.1) is 73.4 Å².